The number of hydrogen-bond acceptors (Lipinski definition) is 5. The van der Waals surface area contributed by atoms with Crippen LogP contribution in [0.3, 0.4) is 0 Å². The minimum Gasteiger partial charge on any atom is -0.443 e. The largest absolute Gasteiger partial charge is 0.443 e. The number of ether oxygens (including phenoxy) is 1. The van der Waals surface area contributed by atoms with Gasteiger partial charge in [0.15, 0.2) is 0 Å². The Morgan fingerprint density at radius 3 is 2.80 bits per heavy atom. The van der Waals surface area contributed by atoms with Gasteiger partial charge in [-0.15, -0.1) is 0 Å². The molecule has 6 heteroatoms. The van der Waals surface area contributed by atoms with Gasteiger partial charge in [-0.1, -0.05) is 23.9 Å². The molecule has 0 amide bonds. The Hall–Kier alpha value is -1.56. The number of benzene rings is 1. The minimum atomic E-state index is -0.497. The molecule has 0 saturated carbocycles. The van der Waals surface area contributed by atoms with Crippen LogP contribution in [0.4, 0.5) is 5.69 Å². The Bertz CT molecular complexity index is 369. The van der Waals surface area contributed by atoms with Crippen LogP contribution in [0, 0.1) is 10.1 Å². The summed E-state index contributed by atoms with van der Waals surface area (Å²) in [5, 5.41) is 10.6. The molecular formula is C9H8NO4S. The Balaban J connectivity index is 2.84. The lowest BCUT2D eigenvalue weighted by Crippen LogP contribution is -2.01. The monoisotopic (exact) mass is 226 g/mol. The van der Waals surface area contributed by atoms with Gasteiger partial charge in [0.2, 0.25) is 0 Å². The van der Waals surface area contributed by atoms with E-state index in [-0.39, 0.29) is 5.69 Å². The highest BCUT2D eigenvalue weighted by Gasteiger charge is 2.15. The van der Waals surface area contributed by atoms with Crippen LogP contribution in [0.25, 0.3) is 0 Å². The van der Waals surface area contributed by atoms with E-state index in [1.165, 1.54) is 12.5 Å². The fraction of sp³-hybridized carbons (Fsp3) is 0.222. The maximum atomic E-state index is 10.6. The summed E-state index contributed by atoms with van der Waals surface area (Å²) in [6, 6.07) is 6.28. The minimum absolute atomic E-state index is 0.00356. The van der Waals surface area contributed by atoms with E-state index < -0.39 is 10.4 Å². The summed E-state index contributed by atoms with van der Waals surface area (Å²) in [4.78, 5) is 20.6. The number of carbonyl (C=O) groups excluding carboxylic acids is 1. The molecular weight excluding hydrogens is 218 g/mol. The summed E-state index contributed by atoms with van der Waals surface area (Å²) in [7, 11) is 0. The van der Waals surface area contributed by atoms with Crippen molar-refractivity contribution in [3.05, 3.63) is 34.4 Å². The van der Waals surface area contributed by atoms with Gasteiger partial charge in [0.05, 0.1) is 9.82 Å². The molecule has 1 unspecified atom stereocenters. The molecule has 0 N–H and O–H groups in total. The van der Waals surface area contributed by atoms with Crippen molar-refractivity contribution in [2.24, 2.45) is 0 Å². The van der Waals surface area contributed by atoms with Gasteiger partial charge in [-0.2, -0.15) is 0 Å². The van der Waals surface area contributed by atoms with Crippen LogP contribution in [0.15, 0.2) is 29.2 Å². The zero-order valence-electron chi connectivity index (χ0n) is 7.88. The highest BCUT2D eigenvalue weighted by molar-refractivity contribution is 7.99. The number of hydrogen-bond donors (Lipinski definition) is 0. The molecule has 0 fully saturated rings. The topological polar surface area (TPSA) is 69.4 Å². The SMILES string of the molecule is CC(O[C]=O)Sc1ccccc1[N+](=O)[O-]. The molecule has 1 aromatic carbocycles. The third kappa shape index (κ3) is 3.25. The average molecular weight is 226 g/mol. The molecule has 0 aromatic heterocycles. The molecule has 0 aliphatic heterocycles. The molecule has 0 aliphatic rings. The van der Waals surface area contributed by atoms with E-state index in [2.05, 4.69) is 4.74 Å². The van der Waals surface area contributed by atoms with Crippen LogP contribution in [0.2, 0.25) is 0 Å². The van der Waals surface area contributed by atoms with Crippen LogP contribution in [0.5, 0.6) is 0 Å². The fourth-order valence-corrected chi connectivity index (χ4v) is 1.84. The standard InChI is InChI=1S/C9H8NO4S/c1-7(14-6-11)15-9-5-3-2-4-8(9)10(12)13/h2-5,7H,1H3. The van der Waals surface area contributed by atoms with Gasteiger partial charge in [-0.3, -0.25) is 10.1 Å². The van der Waals surface area contributed by atoms with Gasteiger partial charge in [0.25, 0.3) is 5.69 Å². The normalized spacial score (nSPS) is 11.8. The molecule has 0 bridgehead atoms. The first-order chi connectivity index (χ1) is 7.15. The highest BCUT2D eigenvalue weighted by atomic mass is 32.2. The first-order valence-corrected chi connectivity index (χ1v) is 4.96. The smallest absolute Gasteiger partial charge is 0.418 e. The Kier molecular flexibility index (Phi) is 4.11. The maximum absolute atomic E-state index is 10.6. The van der Waals surface area contributed by atoms with Crippen molar-refractivity contribution in [2.75, 3.05) is 0 Å². The molecule has 0 heterocycles. The third-order valence-corrected chi connectivity index (χ3v) is 2.60. The average Bonchev–Trinajstić information content (AvgIpc) is 2.18. The maximum Gasteiger partial charge on any atom is 0.418 e. The number of rotatable bonds is 5. The Morgan fingerprint density at radius 2 is 2.20 bits per heavy atom. The summed E-state index contributed by atoms with van der Waals surface area (Å²) in [5.41, 5.74) is -0.493. The number of nitro groups is 1. The molecule has 1 rings (SSSR count). The molecule has 1 aromatic rings. The zero-order valence-corrected chi connectivity index (χ0v) is 8.69. The molecule has 0 saturated heterocycles. The van der Waals surface area contributed by atoms with E-state index in [1.807, 2.05) is 0 Å². The highest BCUT2D eigenvalue weighted by Crippen LogP contribution is 2.31. The zero-order chi connectivity index (χ0) is 11.3. The van der Waals surface area contributed by atoms with Crippen LogP contribution in [0.1, 0.15) is 6.92 Å². The van der Waals surface area contributed by atoms with Gasteiger partial charge in [0, 0.05) is 6.07 Å². The lowest BCUT2D eigenvalue weighted by atomic mass is 10.3. The Morgan fingerprint density at radius 1 is 1.53 bits per heavy atom. The molecule has 1 atom stereocenters. The van der Waals surface area contributed by atoms with Crippen molar-refractivity contribution in [1.29, 1.82) is 0 Å². The molecule has 15 heavy (non-hydrogen) atoms. The second-order valence-electron chi connectivity index (χ2n) is 2.61. The summed E-state index contributed by atoms with van der Waals surface area (Å²) >= 11 is 1.10. The van der Waals surface area contributed by atoms with Gasteiger partial charge in [-0.05, 0) is 13.0 Å². The first kappa shape index (κ1) is 11.5. The summed E-state index contributed by atoms with van der Waals surface area (Å²) in [5.74, 6) is 0. The summed E-state index contributed by atoms with van der Waals surface area (Å²) in [6.07, 6.45) is 0. The van der Waals surface area contributed by atoms with Crippen molar-refractivity contribution in [3.8, 4) is 0 Å². The van der Waals surface area contributed by atoms with Crippen molar-refractivity contribution >= 4 is 23.9 Å². The molecule has 79 valence electrons. The summed E-state index contributed by atoms with van der Waals surface area (Å²) in [6.45, 7) is 2.91. The molecule has 0 spiro atoms. The van der Waals surface area contributed by atoms with Crippen molar-refractivity contribution < 1.29 is 14.5 Å². The lowest BCUT2D eigenvalue weighted by molar-refractivity contribution is -0.387. The fourth-order valence-electron chi connectivity index (χ4n) is 0.978. The number of nitrogens with zero attached hydrogens (tertiary/aromatic N) is 1. The van der Waals surface area contributed by atoms with Gasteiger partial charge in [0.1, 0.15) is 5.44 Å². The van der Waals surface area contributed by atoms with E-state index in [1.54, 1.807) is 25.1 Å². The Labute approximate surface area is 90.6 Å². The van der Waals surface area contributed by atoms with E-state index in [4.69, 9.17) is 0 Å². The second-order valence-corrected chi connectivity index (χ2v) is 3.95. The predicted octanol–water partition coefficient (Wildman–Crippen LogP) is 2.12. The van der Waals surface area contributed by atoms with E-state index >= 15 is 0 Å². The van der Waals surface area contributed by atoms with Crippen LogP contribution >= 0.6 is 11.8 Å². The van der Waals surface area contributed by atoms with Crippen molar-refractivity contribution in [2.45, 2.75) is 17.3 Å². The first-order valence-electron chi connectivity index (χ1n) is 4.08. The van der Waals surface area contributed by atoms with E-state index in [0.29, 0.717) is 4.90 Å². The third-order valence-electron chi connectivity index (χ3n) is 1.57. The lowest BCUT2D eigenvalue weighted by Gasteiger charge is -2.07. The number of para-hydroxylation sites is 1. The van der Waals surface area contributed by atoms with Gasteiger partial charge in [-0.25, -0.2) is 4.79 Å². The van der Waals surface area contributed by atoms with Gasteiger partial charge < -0.3 is 4.74 Å². The van der Waals surface area contributed by atoms with Crippen LogP contribution < -0.4 is 0 Å². The quantitative estimate of drug-likeness (QED) is 0.333. The van der Waals surface area contributed by atoms with Crippen molar-refractivity contribution in [1.82, 2.24) is 0 Å². The second kappa shape index (κ2) is 5.35. The van der Waals surface area contributed by atoms with Crippen molar-refractivity contribution in [3.63, 3.8) is 0 Å². The van der Waals surface area contributed by atoms with Crippen LogP contribution in [-0.2, 0) is 9.53 Å². The van der Waals surface area contributed by atoms with E-state index in [0.717, 1.165) is 11.8 Å². The molecule has 0 aliphatic carbocycles. The predicted molar refractivity (Wildman–Crippen MR) is 55.2 cm³/mol. The number of thioether (sulfide) groups is 1. The molecule has 5 nitrogen and oxygen atoms in total. The van der Waals surface area contributed by atoms with E-state index in [9.17, 15) is 14.9 Å². The molecule has 1 radical (unpaired) electrons. The summed E-state index contributed by atoms with van der Waals surface area (Å²) < 4.78 is 4.52. The van der Waals surface area contributed by atoms with Crippen LogP contribution in [-0.4, -0.2) is 16.8 Å². The number of nitro benzene ring substituents is 1. The van der Waals surface area contributed by atoms with Gasteiger partial charge >= 0.3 is 6.47 Å².